The quantitative estimate of drug-likeness (QED) is 0.810. The molecule has 1 aromatic carbocycles. The van der Waals surface area contributed by atoms with Gasteiger partial charge in [-0.05, 0) is 30.2 Å². The molecule has 2 rings (SSSR count). The standard InChI is InChI=1S/C15H20N4O/c1-3-8-16-15-17-9-7-14(19-15)18-13-6-4-5-12(10-13)11-20-2/h4-7,9-10H,3,8,11H2,1-2H3,(H2,16,17,18,19). The highest BCUT2D eigenvalue weighted by Gasteiger charge is 2.00. The number of methoxy groups -OCH3 is 1. The van der Waals surface area contributed by atoms with Crippen LogP contribution in [-0.2, 0) is 11.3 Å². The molecule has 0 radical (unpaired) electrons. The van der Waals surface area contributed by atoms with Gasteiger partial charge in [0.25, 0.3) is 0 Å². The highest BCUT2D eigenvalue weighted by molar-refractivity contribution is 5.57. The van der Waals surface area contributed by atoms with Crippen LogP contribution in [0.25, 0.3) is 0 Å². The molecule has 0 aliphatic rings. The van der Waals surface area contributed by atoms with Crippen LogP contribution >= 0.6 is 0 Å². The van der Waals surface area contributed by atoms with Gasteiger partial charge in [-0.3, -0.25) is 0 Å². The number of anilines is 3. The summed E-state index contributed by atoms with van der Waals surface area (Å²) in [6.07, 6.45) is 2.78. The van der Waals surface area contributed by atoms with Crippen molar-refractivity contribution >= 4 is 17.5 Å². The van der Waals surface area contributed by atoms with Gasteiger partial charge >= 0.3 is 0 Å². The maximum Gasteiger partial charge on any atom is 0.224 e. The Morgan fingerprint density at radius 3 is 2.95 bits per heavy atom. The molecule has 2 aromatic rings. The second-order valence-corrected chi connectivity index (χ2v) is 4.45. The molecular weight excluding hydrogens is 252 g/mol. The van der Waals surface area contributed by atoms with Crippen LogP contribution in [-0.4, -0.2) is 23.6 Å². The second-order valence-electron chi connectivity index (χ2n) is 4.45. The molecule has 0 amide bonds. The van der Waals surface area contributed by atoms with E-state index in [1.165, 1.54) is 0 Å². The zero-order chi connectivity index (χ0) is 14.2. The summed E-state index contributed by atoms with van der Waals surface area (Å²) >= 11 is 0. The molecule has 5 heteroatoms. The van der Waals surface area contributed by atoms with Crippen LogP contribution in [0.2, 0.25) is 0 Å². The molecule has 1 aromatic heterocycles. The lowest BCUT2D eigenvalue weighted by atomic mass is 10.2. The molecule has 20 heavy (non-hydrogen) atoms. The number of ether oxygens (including phenoxy) is 1. The Hall–Kier alpha value is -2.14. The summed E-state index contributed by atoms with van der Waals surface area (Å²) in [5, 5.41) is 6.44. The average Bonchev–Trinajstić information content (AvgIpc) is 2.46. The molecule has 106 valence electrons. The highest BCUT2D eigenvalue weighted by atomic mass is 16.5. The number of aromatic nitrogens is 2. The topological polar surface area (TPSA) is 59.1 Å². The lowest BCUT2D eigenvalue weighted by Gasteiger charge is -2.09. The largest absolute Gasteiger partial charge is 0.380 e. The van der Waals surface area contributed by atoms with Crippen molar-refractivity contribution in [2.24, 2.45) is 0 Å². The van der Waals surface area contributed by atoms with E-state index in [1.54, 1.807) is 13.3 Å². The number of nitrogens with zero attached hydrogens (tertiary/aromatic N) is 2. The first kappa shape index (κ1) is 14.3. The summed E-state index contributed by atoms with van der Waals surface area (Å²) in [7, 11) is 1.69. The molecule has 2 N–H and O–H groups in total. The third-order valence-corrected chi connectivity index (χ3v) is 2.70. The van der Waals surface area contributed by atoms with Crippen LogP contribution in [0.3, 0.4) is 0 Å². The summed E-state index contributed by atoms with van der Waals surface area (Å²) in [5.74, 6) is 1.41. The Kier molecular flexibility index (Phi) is 5.32. The number of hydrogen-bond acceptors (Lipinski definition) is 5. The van der Waals surface area contributed by atoms with Crippen LogP contribution in [0.1, 0.15) is 18.9 Å². The van der Waals surface area contributed by atoms with Gasteiger partial charge in [0.05, 0.1) is 6.61 Å². The van der Waals surface area contributed by atoms with Crippen molar-refractivity contribution in [1.82, 2.24) is 9.97 Å². The Labute approximate surface area is 119 Å². The highest BCUT2D eigenvalue weighted by Crippen LogP contribution is 2.17. The van der Waals surface area contributed by atoms with E-state index in [1.807, 2.05) is 30.3 Å². The summed E-state index contributed by atoms with van der Waals surface area (Å²) < 4.78 is 5.13. The van der Waals surface area contributed by atoms with Crippen molar-refractivity contribution in [3.8, 4) is 0 Å². The molecule has 0 saturated carbocycles. The van der Waals surface area contributed by atoms with Gasteiger partial charge in [0, 0.05) is 25.5 Å². The van der Waals surface area contributed by atoms with E-state index in [9.17, 15) is 0 Å². The molecule has 0 aliphatic carbocycles. The van der Waals surface area contributed by atoms with Crippen molar-refractivity contribution < 1.29 is 4.74 Å². The predicted octanol–water partition coefficient (Wildman–Crippen LogP) is 3.19. The Balaban J connectivity index is 2.07. The first-order valence-corrected chi connectivity index (χ1v) is 6.73. The number of rotatable bonds is 7. The van der Waals surface area contributed by atoms with Gasteiger partial charge in [-0.2, -0.15) is 4.98 Å². The fraction of sp³-hybridized carbons (Fsp3) is 0.333. The van der Waals surface area contributed by atoms with Crippen LogP contribution < -0.4 is 10.6 Å². The summed E-state index contributed by atoms with van der Waals surface area (Å²) in [4.78, 5) is 8.60. The van der Waals surface area contributed by atoms with Gasteiger partial charge in [0.2, 0.25) is 5.95 Å². The first-order chi connectivity index (χ1) is 9.81. The summed E-state index contributed by atoms with van der Waals surface area (Å²) in [5.41, 5.74) is 2.11. The van der Waals surface area contributed by atoms with Gasteiger partial charge in [-0.1, -0.05) is 19.1 Å². The Morgan fingerprint density at radius 1 is 1.25 bits per heavy atom. The number of hydrogen-bond donors (Lipinski definition) is 2. The molecule has 1 heterocycles. The second kappa shape index (κ2) is 7.45. The summed E-state index contributed by atoms with van der Waals surface area (Å²) in [6.45, 7) is 3.58. The molecule has 0 fully saturated rings. The molecule has 0 bridgehead atoms. The lowest BCUT2D eigenvalue weighted by molar-refractivity contribution is 0.185. The predicted molar refractivity (Wildman–Crippen MR) is 81.3 cm³/mol. The van der Waals surface area contributed by atoms with Crippen LogP contribution in [0.4, 0.5) is 17.5 Å². The van der Waals surface area contributed by atoms with Gasteiger partial charge in [0.1, 0.15) is 5.82 Å². The van der Waals surface area contributed by atoms with Crippen molar-refractivity contribution in [1.29, 1.82) is 0 Å². The van der Waals surface area contributed by atoms with E-state index >= 15 is 0 Å². The molecule has 0 saturated heterocycles. The zero-order valence-electron chi connectivity index (χ0n) is 11.9. The fourth-order valence-corrected chi connectivity index (χ4v) is 1.80. The van der Waals surface area contributed by atoms with Gasteiger partial charge in [0.15, 0.2) is 0 Å². The maximum absolute atomic E-state index is 5.13. The molecule has 5 nitrogen and oxygen atoms in total. The van der Waals surface area contributed by atoms with Gasteiger partial charge < -0.3 is 15.4 Å². The summed E-state index contributed by atoms with van der Waals surface area (Å²) in [6, 6.07) is 9.92. The third kappa shape index (κ3) is 4.20. The van der Waals surface area contributed by atoms with Crippen molar-refractivity contribution in [3.05, 3.63) is 42.1 Å². The minimum Gasteiger partial charge on any atom is -0.380 e. The molecule has 0 atom stereocenters. The van der Waals surface area contributed by atoms with Crippen LogP contribution in [0.15, 0.2) is 36.5 Å². The SMILES string of the molecule is CCCNc1nccc(Nc2cccc(COC)c2)n1. The first-order valence-electron chi connectivity index (χ1n) is 6.73. The fourth-order valence-electron chi connectivity index (χ4n) is 1.80. The Bertz CT molecular complexity index is 545. The molecular formula is C15H20N4O. The lowest BCUT2D eigenvalue weighted by Crippen LogP contribution is -2.05. The molecule has 0 spiro atoms. The smallest absolute Gasteiger partial charge is 0.224 e. The van der Waals surface area contributed by atoms with Crippen molar-refractivity contribution in [2.45, 2.75) is 20.0 Å². The van der Waals surface area contributed by atoms with Crippen molar-refractivity contribution in [3.63, 3.8) is 0 Å². The number of nitrogens with one attached hydrogen (secondary N) is 2. The minimum absolute atomic E-state index is 0.600. The van der Waals surface area contributed by atoms with E-state index in [0.717, 1.165) is 30.0 Å². The van der Waals surface area contributed by atoms with Crippen LogP contribution in [0, 0.1) is 0 Å². The monoisotopic (exact) mass is 272 g/mol. The van der Waals surface area contributed by atoms with E-state index in [-0.39, 0.29) is 0 Å². The zero-order valence-corrected chi connectivity index (χ0v) is 11.9. The molecule has 0 unspecified atom stereocenters. The van der Waals surface area contributed by atoms with Crippen molar-refractivity contribution in [2.75, 3.05) is 24.3 Å². The van der Waals surface area contributed by atoms with E-state index in [4.69, 9.17) is 4.74 Å². The molecule has 0 aliphatic heterocycles. The normalized spacial score (nSPS) is 10.3. The minimum atomic E-state index is 0.600. The van der Waals surface area contributed by atoms with Gasteiger partial charge in [-0.15, -0.1) is 0 Å². The van der Waals surface area contributed by atoms with E-state index in [2.05, 4.69) is 27.5 Å². The average molecular weight is 272 g/mol. The number of benzene rings is 1. The van der Waals surface area contributed by atoms with E-state index in [0.29, 0.717) is 12.6 Å². The third-order valence-electron chi connectivity index (χ3n) is 2.70. The van der Waals surface area contributed by atoms with Gasteiger partial charge in [-0.25, -0.2) is 4.98 Å². The van der Waals surface area contributed by atoms with Crippen LogP contribution in [0.5, 0.6) is 0 Å². The Morgan fingerprint density at radius 2 is 2.15 bits per heavy atom. The maximum atomic E-state index is 5.13. The van der Waals surface area contributed by atoms with E-state index < -0.39 is 0 Å².